The Labute approximate surface area is 87.3 Å². The Morgan fingerprint density at radius 1 is 1.13 bits per heavy atom. The van der Waals surface area contributed by atoms with Crippen molar-refractivity contribution in [1.29, 1.82) is 0 Å². The molecule has 82 valence electrons. The minimum atomic E-state index is -0.230. The lowest BCUT2D eigenvalue weighted by molar-refractivity contribution is 0.169. The zero-order valence-corrected chi connectivity index (χ0v) is 8.61. The van der Waals surface area contributed by atoms with Crippen molar-refractivity contribution in [3.05, 3.63) is 32.8 Å². The van der Waals surface area contributed by atoms with Gasteiger partial charge < -0.3 is 0 Å². The molecule has 0 saturated carbocycles. The molecule has 5 heteroatoms. The van der Waals surface area contributed by atoms with E-state index in [1.165, 1.54) is 36.1 Å². The molecule has 0 bridgehead atoms. The summed E-state index contributed by atoms with van der Waals surface area (Å²) in [5, 5.41) is 2.53. The molecule has 1 saturated heterocycles. The van der Waals surface area contributed by atoms with Crippen LogP contribution in [-0.4, -0.2) is 27.8 Å². The molecule has 0 atom stereocenters. The summed E-state index contributed by atoms with van der Waals surface area (Å²) in [5.74, 6) is 0. The van der Waals surface area contributed by atoms with E-state index in [2.05, 4.69) is 10.00 Å². The van der Waals surface area contributed by atoms with Gasteiger partial charge in [-0.05, 0) is 25.9 Å². The number of aromatic amines is 1. The van der Waals surface area contributed by atoms with E-state index in [1.54, 1.807) is 0 Å². The summed E-state index contributed by atoms with van der Waals surface area (Å²) >= 11 is 0. The summed E-state index contributed by atoms with van der Waals surface area (Å²) < 4.78 is 1.37. The standard InChI is InChI=1S/C10H15N3O2/c14-9-4-5-10(15)13(11-9)8-12-6-2-1-3-7-12/h4-5H,1-3,6-8H2,(H,11,14). The molecule has 2 rings (SSSR count). The van der Waals surface area contributed by atoms with Gasteiger partial charge in [0, 0.05) is 12.1 Å². The van der Waals surface area contributed by atoms with Gasteiger partial charge in [-0.1, -0.05) is 6.42 Å². The molecule has 1 N–H and O–H groups in total. The van der Waals surface area contributed by atoms with Gasteiger partial charge in [0.25, 0.3) is 11.1 Å². The van der Waals surface area contributed by atoms with Crippen LogP contribution >= 0.6 is 0 Å². The molecule has 0 amide bonds. The van der Waals surface area contributed by atoms with Crippen molar-refractivity contribution < 1.29 is 0 Å². The Hall–Kier alpha value is -1.36. The summed E-state index contributed by atoms with van der Waals surface area (Å²) in [5.41, 5.74) is -0.383. The molecule has 1 aromatic rings. The molecule has 0 radical (unpaired) electrons. The first-order chi connectivity index (χ1) is 7.25. The van der Waals surface area contributed by atoms with Crippen LogP contribution in [0.1, 0.15) is 19.3 Å². The second-order valence-electron chi connectivity index (χ2n) is 3.90. The van der Waals surface area contributed by atoms with Gasteiger partial charge >= 0.3 is 0 Å². The van der Waals surface area contributed by atoms with Crippen LogP contribution < -0.4 is 11.1 Å². The molecular weight excluding hydrogens is 194 g/mol. The van der Waals surface area contributed by atoms with Crippen LogP contribution in [0.15, 0.2) is 21.7 Å². The zero-order valence-electron chi connectivity index (χ0n) is 8.61. The third kappa shape index (κ3) is 2.56. The number of likely N-dealkylation sites (tertiary alicyclic amines) is 1. The lowest BCUT2D eigenvalue weighted by atomic mass is 10.1. The second kappa shape index (κ2) is 4.44. The zero-order chi connectivity index (χ0) is 10.7. The highest BCUT2D eigenvalue weighted by atomic mass is 16.1. The number of piperidine rings is 1. The molecular formula is C10H15N3O2. The van der Waals surface area contributed by atoms with Gasteiger partial charge in [-0.2, -0.15) is 0 Å². The third-order valence-electron chi connectivity index (χ3n) is 2.68. The molecule has 1 aromatic heterocycles. The fourth-order valence-electron chi connectivity index (χ4n) is 1.87. The number of hydrogen-bond donors (Lipinski definition) is 1. The Kier molecular flexibility index (Phi) is 3.01. The van der Waals surface area contributed by atoms with Crippen LogP contribution in [0.25, 0.3) is 0 Å². The SMILES string of the molecule is O=c1ccc(=O)n(CN2CCCCC2)[nH]1. The second-order valence-corrected chi connectivity index (χ2v) is 3.90. The minimum Gasteiger partial charge on any atom is -0.284 e. The predicted molar refractivity (Wildman–Crippen MR) is 56.7 cm³/mol. The Morgan fingerprint density at radius 3 is 2.60 bits per heavy atom. The molecule has 0 aliphatic carbocycles. The van der Waals surface area contributed by atoms with Crippen molar-refractivity contribution >= 4 is 0 Å². The minimum absolute atomic E-state index is 0.153. The lowest BCUT2D eigenvalue weighted by Crippen LogP contribution is -2.38. The van der Waals surface area contributed by atoms with Crippen LogP contribution in [0.4, 0.5) is 0 Å². The summed E-state index contributed by atoms with van der Waals surface area (Å²) in [4.78, 5) is 24.6. The van der Waals surface area contributed by atoms with Gasteiger partial charge in [0.05, 0.1) is 6.67 Å². The van der Waals surface area contributed by atoms with E-state index in [-0.39, 0.29) is 11.1 Å². The maximum Gasteiger partial charge on any atom is 0.266 e. The first-order valence-corrected chi connectivity index (χ1v) is 5.28. The van der Waals surface area contributed by atoms with Crippen LogP contribution in [0.2, 0.25) is 0 Å². The average Bonchev–Trinajstić information content (AvgIpc) is 2.25. The van der Waals surface area contributed by atoms with E-state index in [0.717, 1.165) is 13.1 Å². The van der Waals surface area contributed by atoms with Crippen molar-refractivity contribution in [1.82, 2.24) is 14.7 Å². The van der Waals surface area contributed by atoms with Crippen LogP contribution in [0, 0.1) is 0 Å². The average molecular weight is 209 g/mol. The molecule has 2 heterocycles. The van der Waals surface area contributed by atoms with Gasteiger partial charge in [-0.15, -0.1) is 0 Å². The maximum absolute atomic E-state index is 11.4. The topological polar surface area (TPSA) is 58.1 Å². The lowest BCUT2D eigenvalue weighted by Gasteiger charge is -2.26. The fourth-order valence-corrected chi connectivity index (χ4v) is 1.87. The highest BCUT2D eigenvalue weighted by molar-refractivity contribution is 4.85. The number of hydrogen-bond acceptors (Lipinski definition) is 3. The number of aromatic nitrogens is 2. The number of rotatable bonds is 2. The summed E-state index contributed by atoms with van der Waals surface area (Å²) in [6, 6.07) is 2.57. The summed E-state index contributed by atoms with van der Waals surface area (Å²) in [6.07, 6.45) is 3.61. The number of nitrogens with one attached hydrogen (secondary N) is 1. The van der Waals surface area contributed by atoms with E-state index in [4.69, 9.17) is 0 Å². The number of nitrogens with zero attached hydrogens (tertiary/aromatic N) is 2. The number of H-pyrrole nitrogens is 1. The van der Waals surface area contributed by atoms with Gasteiger partial charge in [0.1, 0.15) is 0 Å². The van der Waals surface area contributed by atoms with Gasteiger partial charge in [0.2, 0.25) is 0 Å². The van der Waals surface area contributed by atoms with Gasteiger partial charge in [-0.25, -0.2) is 4.68 Å². The highest BCUT2D eigenvalue weighted by Crippen LogP contribution is 2.08. The molecule has 1 aliphatic heterocycles. The largest absolute Gasteiger partial charge is 0.284 e. The Balaban J connectivity index is 2.12. The van der Waals surface area contributed by atoms with Crippen LogP contribution in [-0.2, 0) is 6.67 Å². The molecule has 5 nitrogen and oxygen atoms in total. The Morgan fingerprint density at radius 2 is 1.87 bits per heavy atom. The highest BCUT2D eigenvalue weighted by Gasteiger charge is 2.10. The van der Waals surface area contributed by atoms with E-state index in [9.17, 15) is 9.59 Å². The first-order valence-electron chi connectivity index (χ1n) is 5.28. The van der Waals surface area contributed by atoms with Crippen molar-refractivity contribution in [2.24, 2.45) is 0 Å². The van der Waals surface area contributed by atoms with Gasteiger partial charge in [0.15, 0.2) is 0 Å². The molecule has 1 aliphatic rings. The Bertz CT molecular complexity index is 429. The fraction of sp³-hybridized carbons (Fsp3) is 0.600. The third-order valence-corrected chi connectivity index (χ3v) is 2.68. The van der Waals surface area contributed by atoms with Crippen molar-refractivity contribution in [2.45, 2.75) is 25.9 Å². The smallest absolute Gasteiger partial charge is 0.266 e. The predicted octanol–water partition coefficient (Wildman–Crippen LogP) is -0.0200. The van der Waals surface area contributed by atoms with E-state index < -0.39 is 0 Å². The van der Waals surface area contributed by atoms with Crippen molar-refractivity contribution in [3.63, 3.8) is 0 Å². The molecule has 1 fully saturated rings. The molecule has 15 heavy (non-hydrogen) atoms. The van der Waals surface area contributed by atoms with Gasteiger partial charge in [-0.3, -0.25) is 19.6 Å². The molecule has 0 spiro atoms. The van der Waals surface area contributed by atoms with Crippen LogP contribution in [0.5, 0.6) is 0 Å². The summed E-state index contributed by atoms with van der Waals surface area (Å²) in [7, 11) is 0. The van der Waals surface area contributed by atoms with E-state index in [0.29, 0.717) is 6.67 Å². The van der Waals surface area contributed by atoms with Crippen molar-refractivity contribution in [3.8, 4) is 0 Å². The van der Waals surface area contributed by atoms with E-state index in [1.807, 2.05) is 0 Å². The van der Waals surface area contributed by atoms with Crippen LogP contribution in [0.3, 0.4) is 0 Å². The maximum atomic E-state index is 11.4. The quantitative estimate of drug-likeness (QED) is 0.744. The normalized spacial score (nSPS) is 17.9. The van der Waals surface area contributed by atoms with Crippen molar-refractivity contribution in [2.75, 3.05) is 13.1 Å². The molecule has 0 aromatic carbocycles. The van der Waals surface area contributed by atoms with E-state index >= 15 is 0 Å². The summed E-state index contributed by atoms with van der Waals surface area (Å²) in [6.45, 7) is 2.50. The molecule has 0 unspecified atom stereocenters. The first kappa shape index (κ1) is 10.2. The monoisotopic (exact) mass is 209 g/mol.